The second-order valence-electron chi connectivity index (χ2n) is 6.19. The molecule has 1 unspecified atom stereocenters. The molecule has 0 aliphatic carbocycles. The number of rotatable bonds is 5. The number of benzene rings is 2. The molecule has 4 rings (SSSR count). The van der Waals surface area contributed by atoms with Crippen molar-refractivity contribution < 1.29 is 24.0 Å². The molecule has 152 valence electrons. The van der Waals surface area contributed by atoms with Crippen LogP contribution in [0.5, 0.6) is 5.75 Å². The average molecular weight is 447 g/mol. The molecule has 1 aliphatic heterocycles. The number of hydrogen-bond donors (Lipinski definition) is 1. The Kier molecular flexibility index (Phi) is 5.14. The van der Waals surface area contributed by atoms with Crippen molar-refractivity contribution >= 4 is 46.6 Å². The van der Waals surface area contributed by atoms with Crippen LogP contribution in [0.3, 0.4) is 0 Å². The van der Waals surface area contributed by atoms with Crippen LogP contribution in [0, 0.1) is 10.1 Å². The minimum atomic E-state index is -0.778. The number of nitro benzene ring substituents is 1. The molecule has 12 heteroatoms. The van der Waals surface area contributed by atoms with E-state index in [0.29, 0.717) is 10.7 Å². The van der Waals surface area contributed by atoms with Crippen molar-refractivity contribution in [3.8, 4) is 17.2 Å². The Balaban J connectivity index is 1.54. The Labute approximate surface area is 177 Å². The topological polar surface area (TPSA) is 140 Å². The maximum Gasteiger partial charge on any atom is 0.277 e. The molecule has 10 nitrogen and oxygen atoms in total. The van der Waals surface area contributed by atoms with E-state index < -0.39 is 16.1 Å². The van der Waals surface area contributed by atoms with E-state index in [9.17, 15) is 24.8 Å². The Hall–Kier alpha value is -3.44. The summed E-state index contributed by atoms with van der Waals surface area (Å²) in [6.45, 7) is 0. The maximum absolute atomic E-state index is 12.7. The van der Waals surface area contributed by atoms with Gasteiger partial charge in [-0.1, -0.05) is 23.4 Å². The number of amides is 2. The second-order valence-corrected chi connectivity index (χ2v) is 7.78. The predicted molar refractivity (Wildman–Crippen MR) is 106 cm³/mol. The monoisotopic (exact) mass is 446 g/mol. The first-order valence-corrected chi connectivity index (χ1v) is 9.69. The summed E-state index contributed by atoms with van der Waals surface area (Å²) in [5.41, 5.74) is 0.135. The molecule has 2 amide bonds. The van der Waals surface area contributed by atoms with Crippen LogP contribution in [0.15, 0.2) is 52.1 Å². The van der Waals surface area contributed by atoms with Gasteiger partial charge in [-0.2, -0.15) is 0 Å². The van der Waals surface area contributed by atoms with Gasteiger partial charge < -0.3 is 9.52 Å². The Morgan fingerprint density at radius 2 is 1.93 bits per heavy atom. The fourth-order valence-corrected chi connectivity index (χ4v) is 3.87. The number of carbonyl (C=O) groups excluding carboxylic acids is 2. The van der Waals surface area contributed by atoms with E-state index in [2.05, 4.69) is 10.2 Å². The molecule has 1 N–H and O–H groups in total. The van der Waals surface area contributed by atoms with Gasteiger partial charge in [-0.25, -0.2) is 4.90 Å². The molecule has 30 heavy (non-hydrogen) atoms. The molecule has 2 heterocycles. The SMILES string of the molecule is O=C1CC(Sc2nnc(-c3cc([N+](=O)[O-])ccc3O)o2)C(=O)N1c1ccc(Cl)cc1. The number of carbonyl (C=O) groups is 2. The van der Waals surface area contributed by atoms with Crippen LogP contribution >= 0.6 is 23.4 Å². The van der Waals surface area contributed by atoms with Crippen LogP contribution < -0.4 is 4.90 Å². The fraction of sp³-hybridized carbons (Fsp3) is 0.111. The summed E-state index contributed by atoms with van der Waals surface area (Å²) < 4.78 is 5.45. The quantitative estimate of drug-likeness (QED) is 0.354. The minimum absolute atomic E-state index is 0.0137. The van der Waals surface area contributed by atoms with E-state index in [4.69, 9.17) is 16.0 Å². The number of phenolic OH excluding ortho intramolecular Hbond substituents is 1. The summed E-state index contributed by atoms with van der Waals surface area (Å²) in [4.78, 5) is 36.4. The molecular formula is C18H11ClN4O6S. The van der Waals surface area contributed by atoms with Gasteiger partial charge in [0, 0.05) is 23.6 Å². The van der Waals surface area contributed by atoms with Gasteiger partial charge in [-0.3, -0.25) is 19.7 Å². The zero-order valence-corrected chi connectivity index (χ0v) is 16.5. The molecular weight excluding hydrogens is 436 g/mol. The minimum Gasteiger partial charge on any atom is -0.507 e. The highest BCUT2D eigenvalue weighted by Gasteiger charge is 2.41. The number of nitro groups is 1. The van der Waals surface area contributed by atoms with Crippen LogP contribution in [-0.2, 0) is 9.59 Å². The number of thioether (sulfide) groups is 1. The summed E-state index contributed by atoms with van der Waals surface area (Å²) in [6, 6.07) is 9.68. The molecule has 0 bridgehead atoms. The number of phenols is 1. The summed E-state index contributed by atoms with van der Waals surface area (Å²) >= 11 is 6.75. The van der Waals surface area contributed by atoms with Gasteiger partial charge in [-0.05, 0) is 30.3 Å². The molecule has 0 radical (unpaired) electrons. The van der Waals surface area contributed by atoms with Gasteiger partial charge in [-0.15, -0.1) is 10.2 Å². The molecule has 1 fully saturated rings. The van der Waals surface area contributed by atoms with Gasteiger partial charge in [0.1, 0.15) is 11.0 Å². The summed E-state index contributed by atoms with van der Waals surface area (Å²) in [7, 11) is 0. The highest BCUT2D eigenvalue weighted by Crippen LogP contribution is 2.37. The zero-order valence-electron chi connectivity index (χ0n) is 14.9. The van der Waals surface area contributed by atoms with E-state index in [1.54, 1.807) is 24.3 Å². The zero-order chi connectivity index (χ0) is 21.4. The third kappa shape index (κ3) is 3.72. The molecule has 1 aromatic heterocycles. The largest absolute Gasteiger partial charge is 0.507 e. The molecule has 0 saturated carbocycles. The van der Waals surface area contributed by atoms with Crippen molar-refractivity contribution in [3.05, 3.63) is 57.6 Å². The summed E-state index contributed by atoms with van der Waals surface area (Å²) in [6.07, 6.45) is -0.0636. The van der Waals surface area contributed by atoms with Crippen molar-refractivity contribution in [3.63, 3.8) is 0 Å². The summed E-state index contributed by atoms with van der Waals surface area (Å²) in [5, 5.41) is 28.2. The Bertz CT molecular complexity index is 1170. The number of aromatic hydroxyl groups is 1. The molecule has 1 atom stereocenters. The van der Waals surface area contributed by atoms with Gasteiger partial charge in [0.15, 0.2) is 0 Å². The maximum atomic E-state index is 12.7. The first kappa shape index (κ1) is 19.9. The first-order chi connectivity index (χ1) is 14.3. The van der Waals surface area contributed by atoms with E-state index in [-0.39, 0.29) is 40.4 Å². The van der Waals surface area contributed by atoms with Crippen molar-refractivity contribution in [2.45, 2.75) is 16.9 Å². The number of aromatic nitrogens is 2. The van der Waals surface area contributed by atoms with Crippen LogP contribution in [0.2, 0.25) is 5.02 Å². The van der Waals surface area contributed by atoms with Crippen LogP contribution in [0.25, 0.3) is 11.5 Å². The Morgan fingerprint density at radius 3 is 2.63 bits per heavy atom. The third-order valence-corrected chi connectivity index (χ3v) is 5.53. The smallest absolute Gasteiger partial charge is 0.277 e. The van der Waals surface area contributed by atoms with E-state index in [1.807, 2.05) is 0 Å². The van der Waals surface area contributed by atoms with Gasteiger partial charge in [0.05, 0.1) is 16.2 Å². The van der Waals surface area contributed by atoms with E-state index in [0.717, 1.165) is 34.9 Å². The first-order valence-electron chi connectivity index (χ1n) is 8.44. The molecule has 1 aliphatic rings. The number of non-ortho nitro benzene ring substituents is 1. The molecule has 2 aromatic carbocycles. The van der Waals surface area contributed by atoms with E-state index in [1.165, 1.54) is 0 Å². The second kappa shape index (κ2) is 7.76. The normalized spacial score (nSPS) is 16.3. The van der Waals surface area contributed by atoms with Crippen LogP contribution in [-0.4, -0.2) is 37.3 Å². The Morgan fingerprint density at radius 1 is 1.20 bits per heavy atom. The summed E-state index contributed by atoms with van der Waals surface area (Å²) in [5.74, 6) is -1.24. The number of imide groups is 1. The lowest BCUT2D eigenvalue weighted by Crippen LogP contribution is -2.31. The van der Waals surface area contributed by atoms with Crippen molar-refractivity contribution in [2.75, 3.05) is 4.90 Å². The predicted octanol–water partition coefficient (Wildman–Crippen LogP) is 3.43. The third-order valence-electron chi connectivity index (χ3n) is 4.26. The van der Waals surface area contributed by atoms with Crippen LogP contribution in [0.4, 0.5) is 11.4 Å². The average Bonchev–Trinajstić information content (AvgIpc) is 3.27. The van der Waals surface area contributed by atoms with E-state index >= 15 is 0 Å². The number of anilines is 1. The fourth-order valence-electron chi connectivity index (χ4n) is 2.85. The highest BCUT2D eigenvalue weighted by molar-refractivity contribution is 8.00. The number of halogens is 1. The van der Waals surface area contributed by atoms with Gasteiger partial charge in [0.2, 0.25) is 11.8 Å². The standard InChI is InChI=1S/C18H11ClN4O6S/c19-9-1-3-10(4-2-9)22-15(25)8-14(17(22)26)30-18-21-20-16(29-18)12-7-11(23(27)28)5-6-13(12)24/h1-7,14,24H,8H2. The lowest BCUT2D eigenvalue weighted by Gasteiger charge is -2.14. The van der Waals surface area contributed by atoms with Crippen molar-refractivity contribution in [1.29, 1.82) is 0 Å². The van der Waals surface area contributed by atoms with Crippen LogP contribution in [0.1, 0.15) is 6.42 Å². The van der Waals surface area contributed by atoms with Crippen molar-refractivity contribution in [1.82, 2.24) is 10.2 Å². The van der Waals surface area contributed by atoms with Crippen molar-refractivity contribution in [2.24, 2.45) is 0 Å². The lowest BCUT2D eigenvalue weighted by atomic mass is 10.2. The highest BCUT2D eigenvalue weighted by atomic mass is 35.5. The number of hydrogen-bond acceptors (Lipinski definition) is 9. The number of nitrogens with zero attached hydrogens (tertiary/aromatic N) is 4. The lowest BCUT2D eigenvalue weighted by molar-refractivity contribution is -0.384. The van der Waals surface area contributed by atoms with Gasteiger partial charge >= 0.3 is 0 Å². The van der Waals surface area contributed by atoms with Gasteiger partial charge in [0.25, 0.3) is 16.8 Å². The molecule has 3 aromatic rings. The molecule has 0 spiro atoms. The molecule has 1 saturated heterocycles.